The quantitative estimate of drug-likeness (QED) is 0.794. The van der Waals surface area contributed by atoms with Gasteiger partial charge in [0.2, 0.25) is 5.91 Å². The maximum Gasteiger partial charge on any atom is 0.227 e. The lowest BCUT2D eigenvalue weighted by atomic mass is 10.1. The molecule has 1 saturated carbocycles. The van der Waals surface area contributed by atoms with Gasteiger partial charge >= 0.3 is 0 Å². The predicted molar refractivity (Wildman–Crippen MR) is 69.7 cm³/mol. The molecule has 1 aliphatic carbocycles. The number of rotatable bonds is 6. The molecule has 3 N–H and O–H groups in total. The average Bonchev–Trinajstić information content (AvgIpc) is 3.19. The maximum absolute atomic E-state index is 12.0. The van der Waals surface area contributed by atoms with Crippen LogP contribution in [0.5, 0.6) is 0 Å². The molecule has 0 aliphatic heterocycles. The van der Waals surface area contributed by atoms with Gasteiger partial charge in [0.25, 0.3) is 0 Å². The van der Waals surface area contributed by atoms with Gasteiger partial charge in [-0.3, -0.25) is 4.79 Å². The number of ether oxygens (including phenoxy) is 1. The molecule has 0 aromatic heterocycles. The Morgan fingerprint density at radius 2 is 2.06 bits per heavy atom. The van der Waals surface area contributed by atoms with E-state index in [0.29, 0.717) is 19.7 Å². The topological polar surface area (TPSA) is 64.3 Å². The molecular weight excluding hydrogens is 228 g/mol. The normalized spacial score (nSPS) is 16.3. The van der Waals surface area contributed by atoms with Crippen LogP contribution in [-0.4, -0.2) is 19.6 Å². The molecule has 1 aromatic rings. The molecule has 0 unspecified atom stereocenters. The molecule has 0 radical (unpaired) electrons. The third-order valence-corrected chi connectivity index (χ3v) is 3.58. The highest BCUT2D eigenvalue weighted by atomic mass is 16.5. The number of nitrogens with one attached hydrogen (secondary N) is 1. The number of benzene rings is 1. The van der Waals surface area contributed by atoms with Crippen LogP contribution in [0.3, 0.4) is 0 Å². The highest BCUT2D eigenvalue weighted by Crippen LogP contribution is 2.44. The van der Waals surface area contributed by atoms with Gasteiger partial charge in [0, 0.05) is 20.2 Å². The highest BCUT2D eigenvalue weighted by molar-refractivity contribution is 5.85. The van der Waals surface area contributed by atoms with Crippen molar-refractivity contribution < 1.29 is 9.53 Å². The van der Waals surface area contributed by atoms with E-state index in [4.69, 9.17) is 10.5 Å². The lowest BCUT2D eigenvalue weighted by Crippen LogP contribution is -2.36. The van der Waals surface area contributed by atoms with Crippen molar-refractivity contribution in [1.82, 2.24) is 5.32 Å². The zero-order valence-electron chi connectivity index (χ0n) is 10.7. The molecule has 1 aliphatic rings. The molecule has 1 aromatic carbocycles. The van der Waals surface area contributed by atoms with Crippen LogP contribution in [0.1, 0.15) is 24.0 Å². The highest BCUT2D eigenvalue weighted by Gasteiger charge is 2.48. The third kappa shape index (κ3) is 2.71. The first kappa shape index (κ1) is 13.1. The number of amides is 1. The van der Waals surface area contributed by atoms with Gasteiger partial charge in [0.05, 0.1) is 12.0 Å². The van der Waals surface area contributed by atoms with Gasteiger partial charge in [-0.15, -0.1) is 0 Å². The first-order valence-electron chi connectivity index (χ1n) is 6.26. The molecule has 0 heterocycles. The van der Waals surface area contributed by atoms with Crippen LogP contribution >= 0.6 is 0 Å². The van der Waals surface area contributed by atoms with Crippen LogP contribution in [-0.2, 0) is 22.7 Å². The number of hydrogen-bond donors (Lipinski definition) is 2. The minimum Gasteiger partial charge on any atom is -0.380 e. The second-order valence-electron chi connectivity index (χ2n) is 4.87. The Morgan fingerprint density at radius 3 is 2.61 bits per heavy atom. The number of methoxy groups -OCH3 is 1. The Balaban J connectivity index is 1.96. The number of carbonyl (C=O) groups is 1. The molecule has 0 spiro atoms. The van der Waals surface area contributed by atoms with E-state index in [9.17, 15) is 4.79 Å². The summed E-state index contributed by atoms with van der Waals surface area (Å²) in [5.41, 5.74) is 7.56. The second-order valence-corrected chi connectivity index (χ2v) is 4.87. The first-order chi connectivity index (χ1) is 8.72. The maximum atomic E-state index is 12.0. The SMILES string of the molecule is COCc1ccccc1CNC(=O)C1(CN)CC1. The van der Waals surface area contributed by atoms with Crippen molar-refractivity contribution in [1.29, 1.82) is 0 Å². The van der Waals surface area contributed by atoms with Crippen molar-refractivity contribution in [2.24, 2.45) is 11.1 Å². The second kappa shape index (κ2) is 5.50. The van der Waals surface area contributed by atoms with Crippen molar-refractivity contribution >= 4 is 5.91 Å². The largest absolute Gasteiger partial charge is 0.380 e. The lowest BCUT2D eigenvalue weighted by Gasteiger charge is -2.14. The van der Waals surface area contributed by atoms with Gasteiger partial charge in [-0.2, -0.15) is 0 Å². The van der Waals surface area contributed by atoms with E-state index >= 15 is 0 Å². The van der Waals surface area contributed by atoms with E-state index in [1.165, 1.54) is 0 Å². The molecule has 1 amide bonds. The van der Waals surface area contributed by atoms with Gasteiger partial charge in [-0.05, 0) is 24.0 Å². The Bertz CT molecular complexity index is 428. The first-order valence-corrected chi connectivity index (χ1v) is 6.26. The Morgan fingerprint density at radius 1 is 1.39 bits per heavy atom. The smallest absolute Gasteiger partial charge is 0.227 e. The van der Waals surface area contributed by atoms with Crippen LogP contribution in [0, 0.1) is 5.41 Å². The molecule has 0 atom stereocenters. The van der Waals surface area contributed by atoms with E-state index in [-0.39, 0.29) is 11.3 Å². The van der Waals surface area contributed by atoms with Crippen molar-refractivity contribution in [2.75, 3.05) is 13.7 Å². The van der Waals surface area contributed by atoms with Crippen LogP contribution in [0.25, 0.3) is 0 Å². The zero-order valence-corrected chi connectivity index (χ0v) is 10.7. The Labute approximate surface area is 108 Å². The van der Waals surface area contributed by atoms with Crippen molar-refractivity contribution in [2.45, 2.75) is 26.0 Å². The van der Waals surface area contributed by atoms with E-state index in [0.717, 1.165) is 24.0 Å². The molecule has 1 fully saturated rings. The fraction of sp³-hybridized carbons (Fsp3) is 0.500. The van der Waals surface area contributed by atoms with Crippen molar-refractivity contribution in [3.63, 3.8) is 0 Å². The van der Waals surface area contributed by atoms with Gasteiger partial charge < -0.3 is 15.8 Å². The number of carbonyl (C=O) groups excluding carboxylic acids is 1. The summed E-state index contributed by atoms with van der Waals surface area (Å²) in [5.74, 6) is 0.0808. The lowest BCUT2D eigenvalue weighted by molar-refractivity contribution is -0.126. The Kier molecular flexibility index (Phi) is 3.99. The van der Waals surface area contributed by atoms with Gasteiger partial charge in [-0.1, -0.05) is 24.3 Å². The molecule has 2 rings (SSSR count). The van der Waals surface area contributed by atoms with Crippen LogP contribution in [0.2, 0.25) is 0 Å². The standard InChI is InChI=1S/C14H20N2O2/c1-18-9-12-5-3-2-4-11(12)8-16-13(17)14(10-15)6-7-14/h2-5H,6-10,15H2,1H3,(H,16,17). The summed E-state index contributed by atoms with van der Waals surface area (Å²) in [7, 11) is 1.67. The van der Waals surface area contributed by atoms with Crippen LogP contribution < -0.4 is 11.1 Å². The Hall–Kier alpha value is -1.39. The molecular formula is C14H20N2O2. The zero-order chi connectivity index (χ0) is 13.0. The summed E-state index contributed by atoms with van der Waals surface area (Å²) in [4.78, 5) is 12.0. The van der Waals surface area contributed by atoms with E-state index < -0.39 is 0 Å². The summed E-state index contributed by atoms with van der Waals surface area (Å²) < 4.78 is 5.14. The molecule has 18 heavy (non-hydrogen) atoms. The van der Waals surface area contributed by atoms with Crippen molar-refractivity contribution in [3.05, 3.63) is 35.4 Å². The molecule has 0 saturated heterocycles. The molecule has 0 bridgehead atoms. The summed E-state index contributed by atoms with van der Waals surface area (Å²) >= 11 is 0. The summed E-state index contributed by atoms with van der Waals surface area (Å²) in [5, 5.41) is 2.98. The predicted octanol–water partition coefficient (Wildman–Crippen LogP) is 1.19. The summed E-state index contributed by atoms with van der Waals surface area (Å²) in [6, 6.07) is 7.97. The minimum absolute atomic E-state index is 0.0808. The minimum atomic E-state index is -0.282. The molecule has 98 valence electrons. The van der Waals surface area contributed by atoms with E-state index in [2.05, 4.69) is 5.32 Å². The molecule has 4 nitrogen and oxygen atoms in total. The van der Waals surface area contributed by atoms with Gasteiger partial charge in [-0.25, -0.2) is 0 Å². The fourth-order valence-corrected chi connectivity index (χ4v) is 2.06. The van der Waals surface area contributed by atoms with Crippen LogP contribution in [0.15, 0.2) is 24.3 Å². The van der Waals surface area contributed by atoms with E-state index in [1.54, 1.807) is 7.11 Å². The number of nitrogens with two attached hydrogens (primary N) is 1. The van der Waals surface area contributed by atoms with E-state index in [1.807, 2.05) is 24.3 Å². The fourth-order valence-electron chi connectivity index (χ4n) is 2.06. The average molecular weight is 248 g/mol. The van der Waals surface area contributed by atoms with Gasteiger partial charge in [0.15, 0.2) is 0 Å². The van der Waals surface area contributed by atoms with Crippen LogP contribution in [0.4, 0.5) is 0 Å². The van der Waals surface area contributed by atoms with Crippen molar-refractivity contribution in [3.8, 4) is 0 Å². The monoisotopic (exact) mass is 248 g/mol. The molecule has 4 heteroatoms. The third-order valence-electron chi connectivity index (χ3n) is 3.58. The van der Waals surface area contributed by atoms with Gasteiger partial charge in [0.1, 0.15) is 0 Å². The summed E-state index contributed by atoms with van der Waals surface area (Å²) in [6.07, 6.45) is 1.82. The number of hydrogen-bond acceptors (Lipinski definition) is 3. The summed E-state index contributed by atoms with van der Waals surface area (Å²) in [6.45, 7) is 1.55.